The fraction of sp³-hybridized carbons (Fsp3) is 1.00. The number of hydrogen-bond acceptors (Lipinski definition) is 9. The van der Waals surface area contributed by atoms with Gasteiger partial charge >= 0.3 is 0 Å². The summed E-state index contributed by atoms with van der Waals surface area (Å²) < 4.78 is 43.1. The van der Waals surface area contributed by atoms with Gasteiger partial charge < -0.3 is 43.1 Å². The Morgan fingerprint density at radius 1 is 0.467 bits per heavy atom. The van der Waals surface area contributed by atoms with Crippen molar-refractivity contribution in [2.75, 3.05) is 13.2 Å². The van der Waals surface area contributed by atoms with E-state index in [1.165, 1.54) is 102 Å². The van der Waals surface area contributed by atoms with Crippen molar-refractivity contribution in [3.63, 3.8) is 0 Å². The molecule has 0 radical (unpaired) electrons. The average molecular weight is 1300 g/mol. The Hall–Kier alpha value is 0.0738. The molecule has 0 aromatic carbocycles. The van der Waals surface area contributed by atoms with Crippen molar-refractivity contribution in [3.8, 4) is 0 Å². The van der Waals surface area contributed by atoms with Crippen LogP contribution in [0.5, 0.6) is 0 Å². The summed E-state index contributed by atoms with van der Waals surface area (Å²) in [5.74, 6) is 5.60. The van der Waals surface area contributed by atoms with Crippen LogP contribution in [0.1, 0.15) is 277 Å². The molecule has 3 N–H and O–H groups in total. The summed E-state index contributed by atoms with van der Waals surface area (Å²) in [6.45, 7) is 55.4. The first-order valence-electron chi connectivity index (χ1n) is 38.0. The maximum absolute atomic E-state index is 11.3. The molecule has 524 valence electrons. The summed E-state index contributed by atoms with van der Waals surface area (Å²) >= 11 is 0. The Bertz CT molecular complexity index is 2320. The van der Waals surface area contributed by atoms with Crippen LogP contribution in [-0.4, -0.2) is 111 Å². The third-order valence-electron chi connectivity index (χ3n) is 33.5. The molecule has 90 heavy (non-hydrogen) atoms. The second kappa shape index (κ2) is 24.5. The van der Waals surface area contributed by atoms with E-state index in [2.05, 4.69) is 118 Å². The summed E-state index contributed by atoms with van der Waals surface area (Å²) in [7, 11) is -3.90. The van der Waals surface area contributed by atoms with Crippen LogP contribution in [0, 0.1) is 107 Å². The smallest absolute Gasteiger partial charge is 0.192 e. The molecule has 2 aliphatic heterocycles. The molecule has 2 heterocycles. The maximum atomic E-state index is 11.3. The molecule has 2 unspecified atom stereocenters. The van der Waals surface area contributed by atoms with Gasteiger partial charge in [0.15, 0.2) is 16.6 Å². The highest BCUT2D eigenvalue weighted by Gasteiger charge is 2.87. The van der Waals surface area contributed by atoms with Crippen molar-refractivity contribution in [1.82, 2.24) is 0 Å². The van der Waals surface area contributed by atoms with E-state index in [1.807, 2.05) is 41.5 Å². The third kappa shape index (κ3) is 10.0. The summed E-state index contributed by atoms with van der Waals surface area (Å²) in [5.41, 5.74) is 0.818. The van der Waals surface area contributed by atoms with Gasteiger partial charge in [0, 0.05) is 24.0 Å². The molecule has 10 saturated carbocycles. The Balaban J connectivity index is 0.000000209. The molecule has 0 aromatic heterocycles. The zero-order chi connectivity index (χ0) is 64.6. The number of rotatable bonds is 18. The lowest BCUT2D eigenvalue weighted by atomic mass is 9.41. The highest BCUT2D eigenvalue weighted by atomic mass is 28.4. The van der Waals surface area contributed by atoms with Crippen LogP contribution >= 0.6 is 0 Å². The monoisotopic (exact) mass is 1300 g/mol. The first kappa shape index (κ1) is 74.3. The summed E-state index contributed by atoms with van der Waals surface area (Å²) in [6, 6.07) is 6.99. The number of ether oxygens (including phenoxy) is 4. The molecule has 2 saturated heterocycles. The molecule has 0 bridgehead atoms. The number of fused-ring (bicyclic) bond motifs is 8. The van der Waals surface area contributed by atoms with Crippen LogP contribution in [0.25, 0.3) is 0 Å². The van der Waals surface area contributed by atoms with Crippen LogP contribution in [-0.2, 0) is 27.8 Å². The zero-order valence-corrected chi connectivity index (χ0v) is 63.2. The Morgan fingerprint density at radius 2 is 0.800 bits per heavy atom. The molecule has 26 atom stereocenters. The van der Waals surface area contributed by atoms with E-state index in [9.17, 15) is 15.3 Å². The molecule has 12 aliphatic rings. The molecule has 9 nitrogen and oxygen atoms in total. The highest BCUT2D eigenvalue weighted by Crippen LogP contribution is 2.91. The minimum absolute atomic E-state index is 0. The van der Waals surface area contributed by atoms with E-state index in [4.69, 9.17) is 27.8 Å². The van der Waals surface area contributed by atoms with E-state index < -0.39 is 27.8 Å². The van der Waals surface area contributed by atoms with Crippen LogP contribution in [0.2, 0.25) is 36.3 Å². The number of hydrogen-bond donors (Lipinski definition) is 3. The highest BCUT2D eigenvalue weighted by molar-refractivity contribution is 6.74. The SMILES string of the molecule is C.C.CCO[C@@H]([C@H]1C[C@@H](C)[C@H]2[C@H](O1)[C@H](O[Si](CC)(CC)CC)[C@@]1(C)[C@@H]3CC[C@H]4C(C)(C)C(C)CC[C@@]45C[C@@]35CC[C@]21C)C(C)(C)O.CCO[C@@H]([C@H]1C[C@@H](C)[C@H]2[C@H](O1)[C@H](O[Si](CC)(CC)CC)[C@@]1(C)[C@@H]3CC[C@H]4C(C)(C)C(O)CC[C@@]45C[C@@]35CC[C@]21C)C(C)(C)O. The van der Waals surface area contributed by atoms with E-state index >= 15 is 0 Å². The first-order chi connectivity index (χ1) is 41.0. The number of aliphatic hydroxyl groups is 3. The Kier molecular flexibility index (Phi) is 20.2. The fourth-order valence-electron chi connectivity index (χ4n) is 28.0. The first-order valence-corrected chi connectivity index (χ1v) is 43.0. The van der Waals surface area contributed by atoms with Crippen LogP contribution in [0.3, 0.4) is 0 Å². The van der Waals surface area contributed by atoms with Crippen LogP contribution in [0.4, 0.5) is 0 Å². The van der Waals surface area contributed by atoms with Crippen molar-refractivity contribution in [1.29, 1.82) is 0 Å². The molecule has 12 fully saturated rings. The standard InChI is InChI=1S/C39H70O4Si.C38H68O5Si.2CH4/c1-13-41-32(35(9,10)40)27-23-25(5)30-31(42-27)33(43-44(14-2,15-3)16-4)37(12)29-18-17-28-34(7,8)26(6)19-20-38(28)24-39(29,38)22-21-36(30,37)11;1-12-41-31(34(8,9)40)25-22-24(5)29-30(42-25)32(43-44(13-2,14-3)15-4)36(11)27-17-16-26-33(6,7)28(39)18-19-37(26)23-38(27,37)21-20-35(29,36)10;;/h25-33,40H,13-24H2,1-12H3;24-32,39-40H,12-23H2,1-11H3;2*1H4/t25-,26?,27-,28+,29+,30+,31+,32+,33+,36-,37-,38-,39+;24-,25-,26+,27+,28?,29+,30+,31+,32+,35-,36-,37-,38+;;/m11../s1. The minimum atomic E-state index is -1.97. The van der Waals surface area contributed by atoms with Gasteiger partial charge in [-0.3, -0.25) is 0 Å². The quantitative estimate of drug-likeness (QED) is 0.115. The predicted molar refractivity (Wildman–Crippen MR) is 376 cm³/mol. The van der Waals surface area contributed by atoms with Gasteiger partial charge in [-0.1, -0.05) is 133 Å². The van der Waals surface area contributed by atoms with Gasteiger partial charge in [-0.15, -0.1) is 0 Å². The van der Waals surface area contributed by atoms with Gasteiger partial charge in [0.25, 0.3) is 0 Å². The summed E-state index contributed by atoms with van der Waals surface area (Å²) in [5, 5.41) is 33.7. The lowest BCUT2D eigenvalue weighted by Gasteiger charge is -2.64. The van der Waals surface area contributed by atoms with Crippen molar-refractivity contribution in [2.45, 2.75) is 379 Å². The Morgan fingerprint density at radius 3 is 1.14 bits per heavy atom. The maximum Gasteiger partial charge on any atom is 0.192 e. The molecule has 4 spiro atoms. The predicted octanol–water partition coefficient (Wildman–Crippen LogP) is 19.3. The summed E-state index contributed by atoms with van der Waals surface area (Å²) in [6.07, 6.45) is 19.6. The number of aliphatic hydroxyl groups excluding tert-OH is 1. The lowest BCUT2D eigenvalue weighted by Crippen LogP contribution is -2.61. The van der Waals surface area contributed by atoms with Crippen LogP contribution in [0.15, 0.2) is 0 Å². The molecule has 0 amide bonds. The van der Waals surface area contributed by atoms with Crippen molar-refractivity contribution >= 4 is 16.6 Å². The molecular weight excluding hydrogens is 1150 g/mol. The average Bonchev–Trinajstić information content (AvgIpc) is 1.46. The summed E-state index contributed by atoms with van der Waals surface area (Å²) in [4.78, 5) is 0. The van der Waals surface area contributed by atoms with Gasteiger partial charge in [0.1, 0.15) is 12.2 Å². The van der Waals surface area contributed by atoms with Crippen LogP contribution < -0.4 is 0 Å². The normalized spacial score (nSPS) is 49.0. The molecule has 0 aromatic rings. The second-order valence-electron chi connectivity index (χ2n) is 37.3. The van der Waals surface area contributed by atoms with E-state index in [1.54, 1.807) is 0 Å². The van der Waals surface area contributed by atoms with Crippen molar-refractivity contribution in [2.24, 2.45) is 107 Å². The van der Waals surface area contributed by atoms with Crippen molar-refractivity contribution in [3.05, 3.63) is 0 Å². The fourth-order valence-corrected chi connectivity index (χ4v) is 33.8. The third-order valence-corrected chi connectivity index (χ3v) is 42.7. The van der Waals surface area contributed by atoms with Crippen molar-refractivity contribution < 1.29 is 43.1 Å². The largest absolute Gasteiger partial charge is 0.411 e. The van der Waals surface area contributed by atoms with Gasteiger partial charge in [-0.25, -0.2) is 0 Å². The minimum Gasteiger partial charge on any atom is -0.411 e. The van der Waals surface area contributed by atoms with E-state index in [0.29, 0.717) is 81.7 Å². The van der Waals surface area contributed by atoms with Gasteiger partial charge in [0.05, 0.1) is 53.9 Å². The molecule has 11 heteroatoms. The Labute approximate surface area is 556 Å². The zero-order valence-electron chi connectivity index (χ0n) is 61.2. The topological polar surface area (TPSA) is 116 Å². The van der Waals surface area contributed by atoms with E-state index in [-0.39, 0.29) is 96.9 Å². The lowest BCUT2D eigenvalue weighted by molar-refractivity contribution is -0.213. The second-order valence-corrected chi connectivity index (χ2v) is 46.7. The molecule has 12 rings (SSSR count). The molecule has 10 aliphatic carbocycles. The van der Waals surface area contributed by atoms with Gasteiger partial charge in [0.2, 0.25) is 0 Å². The molecular formula is C79H146O9Si2. The van der Waals surface area contributed by atoms with Gasteiger partial charge in [-0.05, 0) is 277 Å². The van der Waals surface area contributed by atoms with Gasteiger partial charge in [-0.2, -0.15) is 0 Å². The van der Waals surface area contributed by atoms with E-state index in [0.717, 1.165) is 49.2 Å².